The fourth-order valence-electron chi connectivity index (χ4n) is 1.41. The molecule has 0 amide bonds. The van der Waals surface area contributed by atoms with E-state index in [1.165, 1.54) is 0 Å². The molecule has 1 N–H and O–H groups in total. The van der Waals surface area contributed by atoms with Crippen molar-refractivity contribution in [3.8, 4) is 0 Å². The molecule has 0 aliphatic rings. The maximum atomic E-state index is 4.38. The van der Waals surface area contributed by atoms with E-state index in [1.807, 2.05) is 18.5 Å². The van der Waals surface area contributed by atoms with Crippen LogP contribution in [0.15, 0.2) is 27.0 Å². The van der Waals surface area contributed by atoms with Crippen molar-refractivity contribution >= 4 is 40.5 Å². The second-order valence-electron chi connectivity index (χ2n) is 3.79. The zero-order chi connectivity index (χ0) is 13.5. The Morgan fingerprint density at radius 2 is 2.16 bits per heavy atom. The normalized spacial score (nSPS) is 10.6. The third-order valence-electron chi connectivity index (χ3n) is 2.30. The molecule has 0 saturated heterocycles. The molecule has 7 heteroatoms. The molecule has 0 aliphatic carbocycles. The van der Waals surface area contributed by atoms with Gasteiger partial charge in [-0.15, -0.1) is 10.2 Å². The number of rotatable bonds is 7. The average Bonchev–Trinajstić information content (AvgIpc) is 2.91. The maximum absolute atomic E-state index is 4.38. The first-order valence-electron chi connectivity index (χ1n) is 6.01. The second kappa shape index (κ2) is 7.72. The van der Waals surface area contributed by atoms with Crippen LogP contribution >= 0.6 is 34.9 Å². The van der Waals surface area contributed by atoms with E-state index in [-0.39, 0.29) is 0 Å². The molecule has 2 aromatic rings. The average molecular weight is 312 g/mol. The molecule has 2 heterocycles. The Bertz CT molecular complexity index is 515. The van der Waals surface area contributed by atoms with Gasteiger partial charge in [0.2, 0.25) is 0 Å². The number of anilines is 1. The highest BCUT2D eigenvalue weighted by molar-refractivity contribution is 8.02. The van der Waals surface area contributed by atoms with Crippen LogP contribution in [0.3, 0.4) is 0 Å². The molecule has 0 radical (unpaired) electrons. The van der Waals surface area contributed by atoms with E-state index in [9.17, 15) is 0 Å². The monoisotopic (exact) mass is 312 g/mol. The fraction of sp³-hybridized carbons (Fsp3) is 0.417. The molecule has 0 aliphatic heterocycles. The first kappa shape index (κ1) is 14.6. The van der Waals surface area contributed by atoms with E-state index < -0.39 is 0 Å². The summed E-state index contributed by atoms with van der Waals surface area (Å²) in [5.74, 6) is 0.824. The molecular weight excluding hydrogens is 296 g/mol. The lowest BCUT2D eigenvalue weighted by molar-refractivity contribution is 0.955. The number of hydrogen-bond acceptors (Lipinski definition) is 7. The number of pyridine rings is 1. The molecule has 0 spiro atoms. The molecule has 19 heavy (non-hydrogen) atoms. The van der Waals surface area contributed by atoms with Gasteiger partial charge >= 0.3 is 0 Å². The SMILES string of the molecule is CCCNc1ccnc(CSc2nnc(SC)s2)c1. The Balaban J connectivity index is 1.91. The van der Waals surface area contributed by atoms with Crippen LogP contribution in [0.5, 0.6) is 0 Å². The van der Waals surface area contributed by atoms with Crippen molar-refractivity contribution in [3.63, 3.8) is 0 Å². The van der Waals surface area contributed by atoms with Crippen LogP contribution in [0.25, 0.3) is 0 Å². The maximum Gasteiger partial charge on any atom is 0.175 e. The molecule has 4 nitrogen and oxygen atoms in total. The third kappa shape index (κ3) is 4.67. The van der Waals surface area contributed by atoms with E-state index in [0.29, 0.717) is 0 Å². The Morgan fingerprint density at radius 3 is 2.89 bits per heavy atom. The molecule has 0 saturated carbocycles. The zero-order valence-electron chi connectivity index (χ0n) is 10.9. The number of aromatic nitrogens is 3. The Hall–Kier alpha value is -0.790. The quantitative estimate of drug-likeness (QED) is 0.785. The number of hydrogen-bond donors (Lipinski definition) is 1. The molecule has 2 rings (SSSR count). The van der Waals surface area contributed by atoms with Gasteiger partial charge < -0.3 is 5.32 Å². The standard InChI is InChI=1S/C12H16N4S3/c1-3-5-13-9-4-6-14-10(7-9)8-18-12-16-15-11(17-2)19-12/h4,6-7H,3,5,8H2,1-2H3,(H,13,14). The van der Waals surface area contributed by atoms with Crippen LogP contribution in [-0.4, -0.2) is 28.0 Å². The van der Waals surface area contributed by atoms with Crippen molar-refractivity contribution < 1.29 is 0 Å². The predicted molar refractivity (Wildman–Crippen MR) is 84.3 cm³/mol. The highest BCUT2D eigenvalue weighted by atomic mass is 32.2. The summed E-state index contributed by atoms with van der Waals surface area (Å²) in [6.45, 7) is 3.15. The van der Waals surface area contributed by atoms with Crippen LogP contribution in [0.2, 0.25) is 0 Å². The van der Waals surface area contributed by atoms with E-state index in [0.717, 1.165) is 38.8 Å². The molecule has 0 fully saturated rings. The van der Waals surface area contributed by atoms with Crippen LogP contribution in [0.4, 0.5) is 5.69 Å². The first-order chi connectivity index (χ1) is 9.31. The van der Waals surface area contributed by atoms with Gasteiger partial charge in [0.15, 0.2) is 8.68 Å². The van der Waals surface area contributed by atoms with Crippen molar-refractivity contribution in [2.75, 3.05) is 18.1 Å². The molecule has 0 aromatic carbocycles. The highest BCUT2D eigenvalue weighted by Gasteiger charge is 2.05. The van der Waals surface area contributed by atoms with Gasteiger partial charge in [-0.25, -0.2) is 0 Å². The zero-order valence-corrected chi connectivity index (χ0v) is 13.4. The Labute approximate surface area is 125 Å². The van der Waals surface area contributed by atoms with Crippen molar-refractivity contribution in [1.29, 1.82) is 0 Å². The van der Waals surface area contributed by atoms with E-state index in [1.54, 1.807) is 34.9 Å². The molecule has 0 bridgehead atoms. The number of nitrogens with one attached hydrogen (secondary N) is 1. The van der Waals surface area contributed by atoms with E-state index in [4.69, 9.17) is 0 Å². The summed E-state index contributed by atoms with van der Waals surface area (Å²) < 4.78 is 2.01. The van der Waals surface area contributed by atoms with E-state index in [2.05, 4.69) is 33.5 Å². The lowest BCUT2D eigenvalue weighted by Crippen LogP contribution is -2.00. The summed E-state index contributed by atoms with van der Waals surface area (Å²) in [4.78, 5) is 4.38. The van der Waals surface area contributed by atoms with Gasteiger partial charge in [0.05, 0.1) is 5.69 Å². The lowest BCUT2D eigenvalue weighted by atomic mass is 10.3. The lowest BCUT2D eigenvalue weighted by Gasteiger charge is -2.05. The van der Waals surface area contributed by atoms with Gasteiger partial charge in [-0.05, 0) is 24.8 Å². The minimum Gasteiger partial charge on any atom is -0.385 e. The molecule has 2 aromatic heterocycles. The van der Waals surface area contributed by atoms with Crippen molar-refractivity contribution in [3.05, 3.63) is 24.0 Å². The third-order valence-corrected chi connectivity index (χ3v) is 5.37. The summed E-state index contributed by atoms with van der Waals surface area (Å²) in [7, 11) is 0. The fourth-order valence-corrected chi connectivity index (χ4v) is 3.75. The van der Waals surface area contributed by atoms with Crippen LogP contribution < -0.4 is 5.32 Å². The number of nitrogens with zero attached hydrogens (tertiary/aromatic N) is 3. The smallest absolute Gasteiger partial charge is 0.175 e. The molecule has 0 atom stereocenters. The van der Waals surface area contributed by atoms with Gasteiger partial charge in [0, 0.05) is 24.2 Å². The highest BCUT2D eigenvalue weighted by Crippen LogP contribution is 2.29. The van der Waals surface area contributed by atoms with Gasteiger partial charge in [-0.2, -0.15) is 0 Å². The second-order valence-corrected chi connectivity index (χ2v) is 7.04. The molecule has 102 valence electrons. The van der Waals surface area contributed by atoms with Crippen molar-refractivity contribution in [2.24, 2.45) is 0 Å². The van der Waals surface area contributed by atoms with E-state index >= 15 is 0 Å². The van der Waals surface area contributed by atoms with Crippen LogP contribution in [0, 0.1) is 0 Å². The summed E-state index contributed by atoms with van der Waals surface area (Å²) in [6, 6.07) is 4.10. The Kier molecular flexibility index (Phi) is 5.93. The minimum absolute atomic E-state index is 0.824. The van der Waals surface area contributed by atoms with Gasteiger partial charge in [-0.3, -0.25) is 4.98 Å². The first-order valence-corrected chi connectivity index (χ1v) is 9.03. The van der Waals surface area contributed by atoms with Gasteiger partial charge in [0.1, 0.15) is 0 Å². The van der Waals surface area contributed by atoms with Crippen LogP contribution in [0.1, 0.15) is 19.0 Å². The summed E-state index contributed by atoms with van der Waals surface area (Å²) >= 11 is 4.94. The summed E-state index contributed by atoms with van der Waals surface area (Å²) in [5.41, 5.74) is 2.20. The largest absolute Gasteiger partial charge is 0.385 e. The van der Waals surface area contributed by atoms with Gasteiger partial charge in [-0.1, -0.05) is 41.8 Å². The summed E-state index contributed by atoms with van der Waals surface area (Å²) in [5, 5.41) is 11.6. The topological polar surface area (TPSA) is 50.7 Å². The van der Waals surface area contributed by atoms with Gasteiger partial charge in [0.25, 0.3) is 0 Å². The number of thioether (sulfide) groups is 2. The predicted octanol–water partition coefficient (Wildman–Crippen LogP) is 3.77. The minimum atomic E-state index is 0.824. The summed E-state index contributed by atoms with van der Waals surface area (Å²) in [6.07, 6.45) is 4.98. The Morgan fingerprint density at radius 1 is 1.32 bits per heavy atom. The van der Waals surface area contributed by atoms with Crippen molar-refractivity contribution in [2.45, 2.75) is 27.8 Å². The van der Waals surface area contributed by atoms with Crippen molar-refractivity contribution in [1.82, 2.24) is 15.2 Å². The van der Waals surface area contributed by atoms with Crippen LogP contribution in [-0.2, 0) is 5.75 Å². The molecular formula is C12H16N4S3. The molecule has 0 unspecified atom stereocenters.